The fraction of sp³-hybridized carbons (Fsp3) is 0.0667. The number of rotatable bonds is 4. The summed E-state index contributed by atoms with van der Waals surface area (Å²) in [6, 6.07) is 14.4. The van der Waals surface area contributed by atoms with Gasteiger partial charge in [-0.25, -0.2) is 9.18 Å². The van der Waals surface area contributed by atoms with E-state index >= 15 is 0 Å². The highest BCUT2D eigenvalue weighted by atomic mass is 19.1. The highest BCUT2D eigenvalue weighted by Crippen LogP contribution is 2.09. The monoisotopic (exact) mass is 312 g/mol. The number of anilines is 1. The van der Waals surface area contributed by atoms with Crippen molar-refractivity contribution in [1.82, 2.24) is 25.5 Å². The van der Waals surface area contributed by atoms with E-state index in [1.54, 1.807) is 0 Å². The van der Waals surface area contributed by atoms with E-state index in [-0.39, 0.29) is 12.4 Å². The number of carbonyl (C=O) groups is 1. The Morgan fingerprint density at radius 3 is 2.57 bits per heavy atom. The molecule has 8 heteroatoms. The lowest BCUT2D eigenvalue weighted by atomic mass is 10.3. The molecule has 0 unspecified atom stereocenters. The lowest BCUT2D eigenvalue weighted by molar-refractivity contribution is 0.251. The molecule has 2 aromatic carbocycles. The fourth-order valence-corrected chi connectivity index (χ4v) is 1.95. The maximum Gasteiger partial charge on any atom is 0.319 e. The van der Waals surface area contributed by atoms with Crippen molar-refractivity contribution in [1.29, 1.82) is 0 Å². The molecule has 3 aromatic rings. The molecule has 1 heterocycles. The van der Waals surface area contributed by atoms with Gasteiger partial charge in [-0.1, -0.05) is 18.2 Å². The van der Waals surface area contributed by atoms with Crippen molar-refractivity contribution in [2.45, 2.75) is 6.54 Å². The van der Waals surface area contributed by atoms with Gasteiger partial charge in [0.05, 0.1) is 12.2 Å². The smallest absolute Gasteiger partial charge is 0.319 e. The zero-order valence-corrected chi connectivity index (χ0v) is 12.0. The Bertz CT molecular complexity index is 787. The van der Waals surface area contributed by atoms with E-state index in [0.29, 0.717) is 11.5 Å². The maximum absolute atomic E-state index is 12.8. The lowest BCUT2D eigenvalue weighted by Crippen LogP contribution is -2.29. The van der Waals surface area contributed by atoms with Gasteiger partial charge in [0.2, 0.25) is 0 Å². The van der Waals surface area contributed by atoms with Crippen LogP contribution in [0.25, 0.3) is 5.69 Å². The van der Waals surface area contributed by atoms with Crippen LogP contribution in [0, 0.1) is 5.82 Å². The molecule has 0 bridgehead atoms. The normalized spacial score (nSPS) is 10.3. The largest absolute Gasteiger partial charge is 0.330 e. The third-order valence-electron chi connectivity index (χ3n) is 3.04. The molecule has 0 aliphatic carbocycles. The molecule has 3 rings (SSSR count). The summed E-state index contributed by atoms with van der Waals surface area (Å²) in [6.07, 6.45) is 0. The molecule has 0 atom stereocenters. The topological polar surface area (TPSA) is 84.7 Å². The number of amides is 2. The third kappa shape index (κ3) is 3.67. The minimum atomic E-state index is -0.431. The predicted octanol–water partition coefficient (Wildman–Crippen LogP) is 2.12. The third-order valence-corrected chi connectivity index (χ3v) is 3.04. The van der Waals surface area contributed by atoms with Crippen molar-refractivity contribution in [3.63, 3.8) is 0 Å². The van der Waals surface area contributed by atoms with Crippen LogP contribution in [0.15, 0.2) is 54.6 Å². The highest BCUT2D eigenvalue weighted by Gasteiger charge is 2.09. The number of hydrogen-bond acceptors (Lipinski definition) is 4. The number of halogens is 1. The molecular weight excluding hydrogens is 299 g/mol. The first-order valence-electron chi connectivity index (χ1n) is 6.85. The predicted molar refractivity (Wildman–Crippen MR) is 81.4 cm³/mol. The Morgan fingerprint density at radius 2 is 1.83 bits per heavy atom. The molecule has 116 valence electrons. The molecule has 0 fully saturated rings. The van der Waals surface area contributed by atoms with Crippen molar-refractivity contribution in [3.05, 3.63) is 66.2 Å². The summed E-state index contributed by atoms with van der Waals surface area (Å²) in [5, 5.41) is 16.7. The van der Waals surface area contributed by atoms with Gasteiger partial charge in [0.15, 0.2) is 5.82 Å². The van der Waals surface area contributed by atoms with Crippen LogP contribution in [0.5, 0.6) is 0 Å². The van der Waals surface area contributed by atoms with E-state index in [0.717, 1.165) is 5.69 Å². The van der Waals surface area contributed by atoms with E-state index in [1.807, 2.05) is 30.3 Å². The Morgan fingerprint density at radius 1 is 1.09 bits per heavy atom. The summed E-state index contributed by atoms with van der Waals surface area (Å²) < 4.78 is 14.4. The first-order chi connectivity index (χ1) is 11.2. The number of aromatic nitrogens is 4. The second-order valence-electron chi connectivity index (χ2n) is 4.66. The summed E-state index contributed by atoms with van der Waals surface area (Å²) in [4.78, 5) is 11.8. The Labute approximate surface area is 131 Å². The van der Waals surface area contributed by atoms with Gasteiger partial charge >= 0.3 is 6.03 Å². The van der Waals surface area contributed by atoms with Crippen LogP contribution in [0.2, 0.25) is 0 Å². The quantitative estimate of drug-likeness (QED) is 0.773. The van der Waals surface area contributed by atoms with Gasteiger partial charge < -0.3 is 10.6 Å². The number of urea groups is 1. The molecule has 2 amide bonds. The van der Waals surface area contributed by atoms with Gasteiger partial charge in [-0.15, -0.1) is 5.10 Å². The summed E-state index contributed by atoms with van der Waals surface area (Å²) >= 11 is 0. The van der Waals surface area contributed by atoms with Crippen LogP contribution in [-0.2, 0) is 6.54 Å². The molecule has 1 aromatic heterocycles. The molecule has 0 spiro atoms. The number of benzene rings is 2. The van der Waals surface area contributed by atoms with Gasteiger partial charge in [-0.05, 0) is 46.8 Å². The van der Waals surface area contributed by atoms with Crippen LogP contribution in [0.3, 0.4) is 0 Å². The summed E-state index contributed by atoms with van der Waals surface area (Å²) in [6.45, 7) is 0.148. The van der Waals surface area contributed by atoms with E-state index < -0.39 is 6.03 Å². The Kier molecular flexibility index (Phi) is 4.23. The van der Waals surface area contributed by atoms with Crippen molar-refractivity contribution in [3.8, 4) is 5.69 Å². The van der Waals surface area contributed by atoms with Crippen molar-refractivity contribution >= 4 is 11.7 Å². The average molecular weight is 312 g/mol. The zero-order valence-electron chi connectivity index (χ0n) is 12.0. The van der Waals surface area contributed by atoms with E-state index in [2.05, 4.69) is 26.2 Å². The number of para-hydroxylation sites is 1. The molecule has 0 aliphatic rings. The molecule has 0 aliphatic heterocycles. The minimum absolute atomic E-state index is 0.148. The Hall–Kier alpha value is -3.29. The van der Waals surface area contributed by atoms with E-state index in [4.69, 9.17) is 0 Å². The van der Waals surface area contributed by atoms with Gasteiger partial charge in [0, 0.05) is 5.69 Å². The maximum atomic E-state index is 12.8. The summed E-state index contributed by atoms with van der Waals surface area (Å²) in [7, 11) is 0. The van der Waals surface area contributed by atoms with Gasteiger partial charge in [0.25, 0.3) is 0 Å². The second kappa shape index (κ2) is 6.65. The van der Waals surface area contributed by atoms with Gasteiger partial charge in [0.1, 0.15) is 5.82 Å². The van der Waals surface area contributed by atoms with Crippen LogP contribution >= 0.6 is 0 Å². The number of nitrogens with zero attached hydrogens (tertiary/aromatic N) is 4. The molecule has 7 nitrogen and oxygen atoms in total. The molecule has 0 saturated heterocycles. The zero-order chi connectivity index (χ0) is 16.1. The molecule has 23 heavy (non-hydrogen) atoms. The fourth-order valence-electron chi connectivity index (χ4n) is 1.95. The standard InChI is InChI=1S/C15H13FN6O/c16-11-6-8-12(9-7-11)18-15(23)17-10-14-19-20-21-22(14)13-4-2-1-3-5-13/h1-9H,10H2,(H2,17,18,23). The summed E-state index contributed by atoms with van der Waals surface area (Å²) in [5.41, 5.74) is 1.29. The number of carbonyl (C=O) groups excluding carboxylic acids is 1. The lowest BCUT2D eigenvalue weighted by Gasteiger charge is -2.08. The Balaban J connectivity index is 1.62. The second-order valence-corrected chi connectivity index (χ2v) is 4.66. The van der Waals surface area contributed by atoms with E-state index in [1.165, 1.54) is 28.9 Å². The SMILES string of the molecule is O=C(NCc1nnnn1-c1ccccc1)Nc1ccc(F)cc1. The minimum Gasteiger partial charge on any atom is -0.330 e. The summed E-state index contributed by atoms with van der Waals surface area (Å²) in [5.74, 6) is 0.128. The van der Waals surface area contributed by atoms with E-state index in [9.17, 15) is 9.18 Å². The number of nitrogens with one attached hydrogen (secondary N) is 2. The van der Waals surface area contributed by atoms with Crippen LogP contribution in [-0.4, -0.2) is 26.2 Å². The molecule has 0 radical (unpaired) electrons. The molecule has 2 N–H and O–H groups in total. The van der Waals surface area contributed by atoms with Crippen LogP contribution in [0.4, 0.5) is 14.9 Å². The molecular formula is C15H13FN6O. The van der Waals surface area contributed by atoms with Crippen LogP contribution in [0.1, 0.15) is 5.82 Å². The van der Waals surface area contributed by atoms with Crippen molar-refractivity contribution in [2.75, 3.05) is 5.32 Å². The van der Waals surface area contributed by atoms with Crippen molar-refractivity contribution < 1.29 is 9.18 Å². The van der Waals surface area contributed by atoms with Crippen LogP contribution < -0.4 is 10.6 Å². The first-order valence-corrected chi connectivity index (χ1v) is 6.85. The number of hydrogen-bond donors (Lipinski definition) is 2. The first kappa shape index (κ1) is 14.6. The number of tetrazole rings is 1. The molecule has 0 saturated carbocycles. The van der Waals surface area contributed by atoms with Gasteiger partial charge in [-0.3, -0.25) is 0 Å². The highest BCUT2D eigenvalue weighted by molar-refractivity contribution is 5.89. The average Bonchev–Trinajstić information content (AvgIpc) is 3.04. The van der Waals surface area contributed by atoms with Crippen molar-refractivity contribution in [2.24, 2.45) is 0 Å². The van der Waals surface area contributed by atoms with Gasteiger partial charge in [-0.2, -0.15) is 4.68 Å².